The van der Waals surface area contributed by atoms with E-state index in [9.17, 15) is 0 Å². The van der Waals surface area contributed by atoms with Crippen LogP contribution in [0.1, 0.15) is 0 Å². The molecule has 3 rings (SSSR count). The van der Waals surface area contributed by atoms with Gasteiger partial charge < -0.3 is 20.5 Å². The predicted octanol–water partition coefficient (Wildman–Crippen LogP) is 1.84. The first-order valence-corrected chi connectivity index (χ1v) is 6.07. The van der Waals surface area contributed by atoms with Crippen LogP contribution in [0, 0.1) is 5.41 Å². The first kappa shape index (κ1) is 10.8. The van der Waals surface area contributed by atoms with Crippen molar-refractivity contribution in [1.82, 2.24) is 4.98 Å². The third-order valence-corrected chi connectivity index (χ3v) is 3.17. The van der Waals surface area contributed by atoms with Crippen molar-refractivity contribution in [3.63, 3.8) is 0 Å². The molecule has 1 aromatic heterocycles. The van der Waals surface area contributed by atoms with Crippen LogP contribution in [0.2, 0.25) is 0 Å². The SMILES string of the molecule is N=C(N)Nc1nc(-c2ccc3c(c2)OCO3)cs1. The minimum Gasteiger partial charge on any atom is -0.454 e. The summed E-state index contributed by atoms with van der Waals surface area (Å²) in [4.78, 5) is 4.34. The zero-order valence-corrected chi connectivity index (χ0v) is 10.1. The molecule has 0 atom stereocenters. The Morgan fingerprint density at radius 1 is 1.39 bits per heavy atom. The maximum absolute atomic E-state index is 7.14. The second kappa shape index (κ2) is 4.19. The molecule has 0 saturated heterocycles. The average Bonchev–Trinajstić information content (AvgIpc) is 2.95. The molecule has 0 spiro atoms. The summed E-state index contributed by atoms with van der Waals surface area (Å²) >= 11 is 1.39. The molecule has 7 heteroatoms. The first-order valence-electron chi connectivity index (χ1n) is 5.19. The standard InChI is InChI=1S/C11H10N4O2S/c12-10(13)15-11-14-7(4-18-11)6-1-2-8-9(3-6)17-5-16-8/h1-4H,5H2,(H4,12,13,14,15). The van der Waals surface area contributed by atoms with Crippen molar-refractivity contribution in [2.24, 2.45) is 5.73 Å². The van der Waals surface area contributed by atoms with Crippen LogP contribution in [0.4, 0.5) is 5.13 Å². The van der Waals surface area contributed by atoms with Crippen LogP contribution in [-0.2, 0) is 0 Å². The summed E-state index contributed by atoms with van der Waals surface area (Å²) < 4.78 is 10.6. The number of nitrogens with two attached hydrogens (primary N) is 1. The van der Waals surface area contributed by atoms with Crippen molar-refractivity contribution in [3.8, 4) is 22.8 Å². The van der Waals surface area contributed by atoms with Crippen LogP contribution in [0.25, 0.3) is 11.3 Å². The lowest BCUT2D eigenvalue weighted by atomic mass is 10.1. The molecular formula is C11H10N4O2S. The second-order valence-corrected chi connectivity index (χ2v) is 4.50. The maximum Gasteiger partial charge on any atom is 0.231 e. The van der Waals surface area contributed by atoms with Gasteiger partial charge in [-0.3, -0.25) is 5.41 Å². The van der Waals surface area contributed by atoms with Crippen molar-refractivity contribution in [2.45, 2.75) is 0 Å². The number of anilines is 1. The minimum atomic E-state index is -0.124. The van der Waals surface area contributed by atoms with E-state index in [0.717, 1.165) is 22.8 Å². The van der Waals surface area contributed by atoms with E-state index in [2.05, 4.69) is 10.3 Å². The summed E-state index contributed by atoms with van der Waals surface area (Å²) in [5.41, 5.74) is 6.99. The molecule has 0 amide bonds. The fourth-order valence-corrected chi connectivity index (χ4v) is 2.37. The average molecular weight is 262 g/mol. The van der Waals surface area contributed by atoms with E-state index in [1.165, 1.54) is 11.3 Å². The maximum atomic E-state index is 7.14. The molecule has 1 aromatic carbocycles. The highest BCUT2D eigenvalue weighted by Gasteiger charge is 2.15. The first-order chi connectivity index (χ1) is 8.72. The number of fused-ring (bicyclic) bond motifs is 1. The Hall–Kier alpha value is -2.28. The molecule has 0 saturated carbocycles. The monoisotopic (exact) mass is 262 g/mol. The van der Waals surface area contributed by atoms with Gasteiger partial charge in [0.2, 0.25) is 6.79 Å². The summed E-state index contributed by atoms with van der Waals surface area (Å²) in [5, 5.41) is 12.3. The van der Waals surface area contributed by atoms with Gasteiger partial charge in [0.05, 0.1) is 5.69 Å². The van der Waals surface area contributed by atoms with Crippen LogP contribution < -0.4 is 20.5 Å². The molecule has 0 unspecified atom stereocenters. The lowest BCUT2D eigenvalue weighted by Gasteiger charge is -2.00. The number of hydrogen-bond donors (Lipinski definition) is 3. The van der Waals surface area contributed by atoms with E-state index < -0.39 is 0 Å². The van der Waals surface area contributed by atoms with Gasteiger partial charge in [-0.15, -0.1) is 11.3 Å². The molecule has 1 aliphatic heterocycles. The van der Waals surface area contributed by atoms with E-state index in [1.54, 1.807) is 0 Å². The highest BCUT2D eigenvalue weighted by atomic mass is 32.1. The molecule has 18 heavy (non-hydrogen) atoms. The van der Waals surface area contributed by atoms with Gasteiger partial charge in [0.25, 0.3) is 0 Å². The fraction of sp³-hybridized carbons (Fsp3) is 0.0909. The van der Waals surface area contributed by atoms with Crippen LogP contribution in [-0.4, -0.2) is 17.7 Å². The third-order valence-electron chi connectivity index (χ3n) is 2.41. The largest absolute Gasteiger partial charge is 0.454 e. The van der Waals surface area contributed by atoms with Crippen molar-refractivity contribution in [2.75, 3.05) is 12.1 Å². The van der Waals surface area contributed by atoms with E-state index in [0.29, 0.717) is 5.13 Å². The Kier molecular flexibility index (Phi) is 2.52. The molecule has 4 N–H and O–H groups in total. The number of hydrogen-bond acceptors (Lipinski definition) is 5. The van der Waals surface area contributed by atoms with Gasteiger partial charge in [0.15, 0.2) is 22.6 Å². The van der Waals surface area contributed by atoms with E-state index in [4.69, 9.17) is 20.6 Å². The van der Waals surface area contributed by atoms with Gasteiger partial charge >= 0.3 is 0 Å². The molecule has 92 valence electrons. The zero-order chi connectivity index (χ0) is 12.5. The van der Waals surface area contributed by atoms with Crippen molar-refractivity contribution in [1.29, 1.82) is 5.41 Å². The van der Waals surface area contributed by atoms with Gasteiger partial charge in [-0.25, -0.2) is 4.98 Å². The molecule has 2 aromatic rings. The quantitative estimate of drug-likeness (QED) is 0.567. The van der Waals surface area contributed by atoms with E-state index in [-0.39, 0.29) is 12.8 Å². The van der Waals surface area contributed by atoms with Gasteiger partial charge in [-0.1, -0.05) is 0 Å². The number of rotatable bonds is 2. The summed E-state index contributed by atoms with van der Waals surface area (Å²) in [6.45, 7) is 0.257. The molecule has 0 fully saturated rings. The summed E-state index contributed by atoms with van der Waals surface area (Å²) in [6.07, 6.45) is 0. The number of guanidine groups is 1. The Bertz CT molecular complexity index is 611. The second-order valence-electron chi connectivity index (χ2n) is 3.64. The topological polar surface area (TPSA) is 93.3 Å². The molecule has 1 aliphatic rings. The summed E-state index contributed by atoms with van der Waals surface area (Å²) in [5.74, 6) is 1.35. The van der Waals surface area contributed by atoms with Gasteiger partial charge in [0, 0.05) is 10.9 Å². The Morgan fingerprint density at radius 3 is 3.06 bits per heavy atom. The van der Waals surface area contributed by atoms with Gasteiger partial charge in [-0.2, -0.15) is 0 Å². The Balaban J connectivity index is 1.90. The highest BCUT2D eigenvalue weighted by Crippen LogP contribution is 2.36. The van der Waals surface area contributed by atoms with E-state index in [1.807, 2.05) is 23.6 Å². The van der Waals surface area contributed by atoms with Crippen molar-refractivity contribution >= 4 is 22.4 Å². The zero-order valence-electron chi connectivity index (χ0n) is 9.27. The lowest BCUT2D eigenvalue weighted by Crippen LogP contribution is -2.20. The van der Waals surface area contributed by atoms with Crippen LogP contribution in [0.15, 0.2) is 23.6 Å². The molecule has 0 radical (unpaired) electrons. The predicted molar refractivity (Wildman–Crippen MR) is 69.2 cm³/mol. The molecule has 0 aliphatic carbocycles. The molecule has 6 nitrogen and oxygen atoms in total. The lowest BCUT2D eigenvalue weighted by molar-refractivity contribution is 0.174. The number of thiazole rings is 1. The third kappa shape index (κ3) is 1.95. The number of ether oxygens (including phenoxy) is 2. The number of nitrogens with zero attached hydrogens (tertiary/aromatic N) is 1. The molecular weight excluding hydrogens is 252 g/mol. The summed E-state index contributed by atoms with van der Waals surface area (Å²) in [6, 6.07) is 5.66. The highest BCUT2D eigenvalue weighted by molar-refractivity contribution is 7.14. The van der Waals surface area contributed by atoms with Crippen LogP contribution in [0.5, 0.6) is 11.5 Å². The smallest absolute Gasteiger partial charge is 0.231 e. The van der Waals surface area contributed by atoms with Crippen molar-refractivity contribution in [3.05, 3.63) is 23.6 Å². The fourth-order valence-electron chi connectivity index (χ4n) is 1.63. The van der Waals surface area contributed by atoms with Gasteiger partial charge in [-0.05, 0) is 18.2 Å². The normalized spacial score (nSPS) is 12.4. The summed E-state index contributed by atoms with van der Waals surface area (Å²) in [7, 11) is 0. The van der Waals surface area contributed by atoms with E-state index >= 15 is 0 Å². The number of aromatic nitrogens is 1. The molecule has 2 heterocycles. The Morgan fingerprint density at radius 2 is 2.22 bits per heavy atom. The number of benzene rings is 1. The van der Waals surface area contributed by atoms with Gasteiger partial charge in [0.1, 0.15) is 0 Å². The Labute approximate surface area is 107 Å². The van der Waals surface area contributed by atoms with Crippen molar-refractivity contribution < 1.29 is 9.47 Å². The molecule has 0 bridgehead atoms. The minimum absolute atomic E-state index is 0.124. The van der Waals surface area contributed by atoms with Crippen LogP contribution in [0.3, 0.4) is 0 Å². The number of nitrogens with one attached hydrogen (secondary N) is 2. The van der Waals surface area contributed by atoms with Crippen LogP contribution >= 0.6 is 11.3 Å².